The molecule has 2 aromatic carbocycles. The van der Waals surface area contributed by atoms with Crippen molar-refractivity contribution >= 4 is 15.9 Å². The van der Waals surface area contributed by atoms with Crippen LogP contribution in [0.1, 0.15) is 11.1 Å². The molecule has 2 aromatic rings. The molecule has 0 amide bonds. The van der Waals surface area contributed by atoms with Crippen molar-refractivity contribution in [3.63, 3.8) is 0 Å². The second-order valence-electron chi connectivity index (χ2n) is 4.81. The minimum atomic E-state index is 0.654. The van der Waals surface area contributed by atoms with Gasteiger partial charge in [0, 0.05) is 13.1 Å². The molecule has 0 bridgehead atoms. The van der Waals surface area contributed by atoms with E-state index in [9.17, 15) is 0 Å². The summed E-state index contributed by atoms with van der Waals surface area (Å²) < 4.78 is 11.9. The van der Waals surface area contributed by atoms with Crippen LogP contribution in [0.3, 0.4) is 0 Å². The van der Waals surface area contributed by atoms with Crippen LogP contribution < -0.4 is 14.8 Å². The highest BCUT2D eigenvalue weighted by molar-refractivity contribution is 9.10. The molecule has 112 valence electrons. The maximum atomic E-state index is 5.69. The summed E-state index contributed by atoms with van der Waals surface area (Å²) in [5, 5.41) is 3.36. The summed E-state index contributed by atoms with van der Waals surface area (Å²) in [6.07, 6.45) is 0. The Bertz CT molecular complexity index is 587. The zero-order chi connectivity index (χ0) is 15.1. The number of benzene rings is 2. The lowest BCUT2D eigenvalue weighted by molar-refractivity contribution is 0.313. The monoisotopic (exact) mass is 349 g/mol. The number of ether oxygens (including phenoxy) is 2. The van der Waals surface area contributed by atoms with Crippen LogP contribution in [0.15, 0.2) is 46.9 Å². The molecule has 0 saturated heterocycles. The Morgan fingerprint density at radius 2 is 2.00 bits per heavy atom. The summed E-state index contributed by atoms with van der Waals surface area (Å²) in [4.78, 5) is 0. The normalized spacial score (nSPS) is 10.4. The molecule has 0 atom stereocenters. The van der Waals surface area contributed by atoms with Crippen molar-refractivity contribution < 1.29 is 9.47 Å². The Balaban J connectivity index is 1.71. The number of nitrogens with one attached hydrogen (secondary N) is 1. The van der Waals surface area contributed by atoms with Crippen LogP contribution in [0.2, 0.25) is 0 Å². The van der Waals surface area contributed by atoms with E-state index in [-0.39, 0.29) is 0 Å². The number of hydrogen-bond acceptors (Lipinski definition) is 3. The fraction of sp³-hybridized carbons (Fsp3) is 0.294. The predicted molar refractivity (Wildman–Crippen MR) is 89.1 cm³/mol. The number of halogens is 1. The molecule has 1 N–H and O–H groups in total. The molecule has 0 spiro atoms. The van der Waals surface area contributed by atoms with Crippen LogP contribution in [0, 0.1) is 6.92 Å². The van der Waals surface area contributed by atoms with Gasteiger partial charge in [-0.25, -0.2) is 0 Å². The van der Waals surface area contributed by atoms with E-state index >= 15 is 0 Å². The summed E-state index contributed by atoms with van der Waals surface area (Å²) in [6.45, 7) is 4.32. The van der Waals surface area contributed by atoms with Crippen molar-refractivity contribution in [2.24, 2.45) is 0 Å². The van der Waals surface area contributed by atoms with Gasteiger partial charge < -0.3 is 14.8 Å². The molecule has 0 aromatic heterocycles. The topological polar surface area (TPSA) is 30.5 Å². The SMILES string of the molecule is COc1ccc(CNCCOc2cccc(C)c2)cc1Br. The van der Waals surface area contributed by atoms with Crippen molar-refractivity contribution in [1.29, 1.82) is 0 Å². The summed E-state index contributed by atoms with van der Waals surface area (Å²) in [7, 11) is 1.67. The third-order valence-corrected chi connectivity index (χ3v) is 3.70. The van der Waals surface area contributed by atoms with E-state index in [0.29, 0.717) is 6.61 Å². The average Bonchev–Trinajstić information content (AvgIpc) is 2.47. The standard InChI is InChI=1S/C17H20BrNO2/c1-13-4-3-5-15(10-13)21-9-8-19-12-14-6-7-17(20-2)16(18)11-14/h3-7,10-11,19H,8-9,12H2,1-2H3. The number of aryl methyl sites for hydroxylation is 1. The summed E-state index contributed by atoms with van der Waals surface area (Å²) >= 11 is 3.49. The van der Waals surface area contributed by atoms with Gasteiger partial charge in [-0.05, 0) is 58.2 Å². The molecule has 0 heterocycles. The zero-order valence-corrected chi connectivity index (χ0v) is 13.9. The van der Waals surface area contributed by atoms with Gasteiger partial charge in [0.05, 0.1) is 11.6 Å². The van der Waals surface area contributed by atoms with Gasteiger partial charge in [-0.1, -0.05) is 18.2 Å². The van der Waals surface area contributed by atoms with Gasteiger partial charge in [0.25, 0.3) is 0 Å². The van der Waals surface area contributed by atoms with Gasteiger partial charge in [-0.15, -0.1) is 0 Å². The minimum absolute atomic E-state index is 0.654. The highest BCUT2D eigenvalue weighted by Gasteiger charge is 2.01. The van der Waals surface area contributed by atoms with Crippen LogP contribution in [-0.4, -0.2) is 20.3 Å². The van der Waals surface area contributed by atoms with Gasteiger partial charge in [0.15, 0.2) is 0 Å². The van der Waals surface area contributed by atoms with Gasteiger partial charge in [-0.2, -0.15) is 0 Å². The fourth-order valence-corrected chi connectivity index (χ4v) is 2.59. The smallest absolute Gasteiger partial charge is 0.133 e. The first-order valence-electron chi connectivity index (χ1n) is 6.91. The first-order chi connectivity index (χ1) is 10.2. The van der Waals surface area contributed by atoms with Crippen LogP contribution in [0.4, 0.5) is 0 Å². The van der Waals surface area contributed by atoms with Gasteiger partial charge in [0.2, 0.25) is 0 Å². The zero-order valence-electron chi connectivity index (χ0n) is 12.4. The Kier molecular flexibility index (Phi) is 6.08. The first-order valence-corrected chi connectivity index (χ1v) is 7.71. The largest absolute Gasteiger partial charge is 0.496 e. The maximum Gasteiger partial charge on any atom is 0.133 e. The molecular weight excluding hydrogens is 330 g/mol. The first kappa shape index (κ1) is 15.9. The molecule has 0 fully saturated rings. The number of methoxy groups -OCH3 is 1. The fourth-order valence-electron chi connectivity index (χ4n) is 2.00. The van der Waals surface area contributed by atoms with E-state index in [1.807, 2.05) is 24.3 Å². The van der Waals surface area contributed by atoms with E-state index in [1.165, 1.54) is 11.1 Å². The van der Waals surface area contributed by atoms with Gasteiger partial charge in [0.1, 0.15) is 18.1 Å². The van der Waals surface area contributed by atoms with Crippen LogP contribution in [0.25, 0.3) is 0 Å². The van der Waals surface area contributed by atoms with E-state index in [1.54, 1.807) is 7.11 Å². The lowest BCUT2D eigenvalue weighted by atomic mass is 10.2. The van der Waals surface area contributed by atoms with Gasteiger partial charge >= 0.3 is 0 Å². The van der Waals surface area contributed by atoms with Crippen LogP contribution in [-0.2, 0) is 6.54 Å². The lowest BCUT2D eigenvalue weighted by Gasteiger charge is -2.09. The third-order valence-electron chi connectivity index (χ3n) is 3.08. The van der Waals surface area contributed by atoms with Crippen molar-refractivity contribution in [1.82, 2.24) is 5.32 Å². The molecule has 0 unspecified atom stereocenters. The van der Waals surface area contributed by atoms with Crippen molar-refractivity contribution in [3.05, 3.63) is 58.1 Å². The van der Waals surface area contributed by atoms with E-state index < -0.39 is 0 Å². The maximum absolute atomic E-state index is 5.69. The predicted octanol–water partition coefficient (Wildman–Crippen LogP) is 3.93. The molecule has 0 aliphatic rings. The van der Waals surface area contributed by atoms with E-state index in [2.05, 4.69) is 46.4 Å². The molecule has 0 saturated carbocycles. The van der Waals surface area contributed by atoms with Crippen LogP contribution >= 0.6 is 15.9 Å². The molecule has 4 heteroatoms. The Hall–Kier alpha value is -1.52. The number of hydrogen-bond donors (Lipinski definition) is 1. The quantitative estimate of drug-likeness (QED) is 0.768. The van der Waals surface area contributed by atoms with Gasteiger partial charge in [-0.3, -0.25) is 0 Å². The van der Waals surface area contributed by atoms with Crippen molar-refractivity contribution in [2.45, 2.75) is 13.5 Å². The second kappa shape index (κ2) is 8.05. The van der Waals surface area contributed by atoms with E-state index in [0.717, 1.165) is 29.1 Å². The third kappa shape index (κ3) is 5.06. The van der Waals surface area contributed by atoms with Crippen molar-refractivity contribution in [2.75, 3.05) is 20.3 Å². The molecule has 0 aliphatic heterocycles. The Morgan fingerprint density at radius 1 is 1.14 bits per heavy atom. The average molecular weight is 350 g/mol. The molecule has 2 rings (SSSR count). The lowest BCUT2D eigenvalue weighted by Crippen LogP contribution is -2.20. The molecular formula is C17H20BrNO2. The summed E-state index contributed by atoms with van der Waals surface area (Å²) in [5.41, 5.74) is 2.42. The molecule has 0 radical (unpaired) electrons. The summed E-state index contributed by atoms with van der Waals surface area (Å²) in [5.74, 6) is 1.77. The van der Waals surface area contributed by atoms with E-state index in [4.69, 9.17) is 9.47 Å². The molecule has 0 aliphatic carbocycles. The Morgan fingerprint density at radius 3 is 2.71 bits per heavy atom. The molecule has 21 heavy (non-hydrogen) atoms. The molecule has 3 nitrogen and oxygen atoms in total. The number of rotatable bonds is 7. The minimum Gasteiger partial charge on any atom is -0.496 e. The van der Waals surface area contributed by atoms with Crippen molar-refractivity contribution in [3.8, 4) is 11.5 Å². The van der Waals surface area contributed by atoms with Crippen LogP contribution in [0.5, 0.6) is 11.5 Å². The highest BCUT2D eigenvalue weighted by Crippen LogP contribution is 2.25. The second-order valence-corrected chi connectivity index (χ2v) is 5.66. The highest BCUT2D eigenvalue weighted by atomic mass is 79.9. The summed E-state index contributed by atoms with van der Waals surface area (Å²) in [6, 6.07) is 14.2. The Labute approximate surface area is 134 Å².